The van der Waals surface area contributed by atoms with Crippen LogP contribution in [0.2, 0.25) is 0 Å². The van der Waals surface area contributed by atoms with Crippen molar-refractivity contribution in [3.8, 4) is 5.75 Å². The van der Waals surface area contributed by atoms with E-state index in [1.807, 2.05) is 0 Å². The zero-order valence-electron chi connectivity index (χ0n) is 19.4. The summed E-state index contributed by atoms with van der Waals surface area (Å²) in [6, 6.07) is 9.75. The van der Waals surface area contributed by atoms with Crippen molar-refractivity contribution < 1.29 is 36.8 Å². The minimum Gasteiger partial charge on any atom is -0.497 e. The number of carbonyl (C=O) groups is 1. The van der Waals surface area contributed by atoms with E-state index in [0.29, 0.717) is 0 Å². The standard InChI is InChI=1S/C26H20F4N2O5/c1-36-17-10-19-18(7-13(12-27)8-21(19)32(34)35)20(11-17)24-23(33)22(25(37-24)31-16-5-6-16)14-3-2-4-15(9-14)26(28,29)30/h2-4,7-11,16,24,31H,5-6,12H2,1H3. The smallest absolute Gasteiger partial charge is 0.416 e. The second-order valence-corrected chi connectivity index (χ2v) is 8.88. The summed E-state index contributed by atoms with van der Waals surface area (Å²) < 4.78 is 65.1. The van der Waals surface area contributed by atoms with Crippen LogP contribution in [0.3, 0.4) is 0 Å². The summed E-state index contributed by atoms with van der Waals surface area (Å²) in [5.41, 5.74) is -1.14. The molecule has 5 rings (SSSR count). The SMILES string of the molecule is COc1cc(C2OC(NC3CC3)=C(c3cccc(C(F)(F)F)c3)C2=O)c2cc(CF)cc([N+](=O)[O-])c2c1. The van der Waals surface area contributed by atoms with Gasteiger partial charge in [0.25, 0.3) is 5.69 Å². The predicted octanol–water partition coefficient (Wildman–Crippen LogP) is 6.01. The molecule has 11 heteroatoms. The maximum Gasteiger partial charge on any atom is 0.416 e. The van der Waals surface area contributed by atoms with Gasteiger partial charge in [-0.05, 0) is 59.7 Å². The fourth-order valence-corrected chi connectivity index (χ4v) is 4.39. The highest BCUT2D eigenvalue weighted by Gasteiger charge is 2.41. The maximum absolute atomic E-state index is 13.7. The lowest BCUT2D eigenvalue weighted by Gasteiger charge is -2.17. The van der Waals surface area contributed by atoms with Gasteiger partial charge in [0.05, 0.1) is 28.6 Å². The van der Waals surface area contributed by atoms with Crippen LogP contribution in [0.15, 0.2) is 54.4 Å². The minimum atomic E-state index is -4.62. The number of ketones is 1. The first kappa shape index (κ1) is 24.5. The lowest BCUT2D eigenvalue weighted by atomic mass is 9.91. The highest BCUT2D eigenvalue weighted by molar-refractivity contribution is 6.25. The van der Waals surface area contributed by atoms with Gasteiger partial charge in [0.2, 0.25) is 5.78 Å². The number of hydrogen-bond donors (Lipinski definition) is 1. The van der Waals surface area contributed by atoms with Gasteiger partial charge in [0.1, 0.15) is 12.4 Å². The zero-order chi connectivity index (χ0) is 26.5. The number of carbonyl (C=O) groups excluding carboxylic acids is 1. The second kappa shape index (κ2) is 9.06. The number of hydrogen-bond acceptors (Lipinski definition) is 6. The van der Waals surface area contributed by atoms with Gasteiger partial charge in [-0.3, -0.25) is 14.9 Å². The number of halogens is 4. The van der Waals surface area contributed by atoms with Crippen LogP contribution >= 0.6 is 0 Å². The van der Waals surface area contributed by atoms with Crippen LogP contribution in [0.5, 0.6) is 5.75 Å². The lowest BCUT2D eigenvalue weighted by molar-refractivity contribution is -0.383. The van der Waals surface area contributed by atoms with E-state index in [4.69, 9.17) is 9.47 Å². The van der Waals surface area contributed by atoms with Crippen LogP contribution in [0, 0.1) is 10.1 Å². The maximum atomic E-state index is 13.7. The third kappa shape index (κ3) is 4.56. The number of benzene rings is 3. The Morgan fingerprint density at radius 2 is 1.89 bits per heavy atom. The van der Waals surface area contributed by atoms with E-state index in [9.17, 15) is 32.5 Å². The van der Waals surface area contributed by atoms with Gasteiger partial charge in [-0.25, -0.2) is 4.39 Å². The third-order valence-corrected chi connectivity index (χ3v) is 6.32. The number of methoxy groups -OCH3 is 1. The fourth-order valence-electron chi connectivity index (χ4n) is 4.39. The average molecular weight is 516 g/mol. The molecule has 2 aliphatic rings. The molecule has 3 aromatic carbocycles. The number of alkyl halides is 4. The molecule has 7 nitrogen and oxygen atoms in total. The number of rotatable bonds is 7. The normalized spacial score (nSPS) is 17.8. The van der Waals surface area contributed by atoms with E-state index < -0.39 is 35.2 Å². The minimum absolute atomic E-state index is 0.00336. The molecular weight excluding hydrogens is 496 g/mol. The van der Waals surface area contributed by atoms with Crippen molar-refractivity contribution in [2.24, 2.45) is 0 Å². The molecule has 0 bridgehead atoms. The molecule has 1 heterocycles. The van der Waals surface area contributed by atoms with Crippen molar-refractivity contribution in [3.63, 3.8) is 0 Å². The van der Waals surface area contributed by atoms with Crippen LogP contribution < -0.4 is 10.1 Å². The Hall–Kier alpha value is -4.15. The predicted molar refractivity (Wildman–Crippen MR) is 125 cm³/mol. The van der Waals surface area contributed by atoms with Crippen molar-refractivity contribution in [1.82, 2.24) is 5.32 Å². The Labute approximate surface area is 207 Å². The summed E-state index contributed by atoms with van der Waals surface area (Å²) >= 11 is 0. The topological polar surface area (TPSA) is 90.7 Å². The van der Waals surface area contributed by atoms with Crippen LogP contribution in [0.4, 0.5) is 23.2 Å². The number of ether oxygens (including phenoxy) is 2. The van der Waals surface area contributed by atoms with E-state index in [-0.39, 0.29) is 56.4 Å². The number of nitro benzene ring substituents is 1. The molecule has 0 amide bonds. The lowest BCUT2D eigenvalue weighted by Crippen LogP contribution is -2.17. The van der Waals surface area contributed by atoms with Crippen molar-refractivity contribution in [2.75, 3.05) is 7.11 Å². The number of fused-ring (bicyclic) bond motifs is 1. The molecule has 1 atom stereocenters. The first-order chi connectivity index (χ1) is 17.6. The summed E-state index contributed by atoms with van der Waals surface area (Å²) in [4.78, 5) is 24.8. The summed E-state index contributed by atoms with van der Waals surface area (Å²) in [6.07, 6.45) is -4.36. The van der Waals surface area contributed by atoms with Crippen LogP contribution in [-0.2, 0) is 22.4 Å². The van der Waals surface area contributed by atoms with Crippen molar-refractivity contribution in [1.29, 1.82) is 0 Å². The number of Topliss-reactive ketones (excluding diaryl/α,β-unsaturated/α-hetero) is 1. The monoisotopic (exact) mass is 516 g/mol. The molecule has 0 radical (unpaired) electrons. The molecule has 37 heavy (non-hydrogen) atoms. The summed E-state index contributed by atoms with van der Waals surface area (Å²) in [7, 11) is 1.34. The number of nitrogens with one attached hydrogen (secondary N) is 1. The Bertz CT molecular complexity index is 1460. The molecule has 1 N–H and O–H groups in total. The highest BCUT2D eigenvalue weighted by Crippen LogP contribution is 2.44. The number of nitrogens with zero attached hydrogens (tertiary/aromatic N) is 1. The summed E-state index contributed by atoms with van der Waals surface area (Å²) in [6.45, 7) is -0.982. The second-order valence-electron chi connectivity index (χ2n) is 8.88. The summed E-state index contributed by atoms with van der Waals surface area (Å²) in [5.74, 6) is -0.409. The van der Waals surface area contributed by atoms with E-state index in [2.05, 4.69) is 5.32 Å². The Morgan fingerprint density at radius 1 is 1.14 bits per heavy atom. The average Bonchev–Trinajstić information content (AvgIpc) is 3.63. The van der Waals surface area contributed by atoms with Crippen molar-refractivity contribution in [2.45, 2.75) is 37.8 Å². The fraction of sp³-hybridized carbons (Fsp3) is 0.269. The number of non-ortho nitro benzene ring substituents is 1. The van der Waals surface area contributed by atoms with Crippen LogP contribution in [0.25, 0.3) is 16.3 Å². The molecule has 0 aromatic heterocycles. The molecule has 3 aromatic rings. The molecule has 192 valence electrons. The van der Waals surface area contributed by atoms with E-state index in [0.717, 1.165) is 31.0 Å². The quantitative estimate of drug-likeness (QED) is 0.235. The van der Waals surface area contributed by atoms with Crippen LogP contribution in [-0.4, -0.2) is 23.9 Å². The van der Waals surface area contributed by atoms with Gasteiger partial charge < -0.3 is 14.8 Å². The first-order valence-electron chi connectivity index (χ1n) is 11.3. The van der Waals surface area contributed by atoms with E-state index in [1.54, 1.807) is 0 Å². The van der Waals surface area contributed by atoms with Gasteiger partial charge in [-0.1, -0.05) is 12.1 Å². The van der Waals surface area contributed by atoms with Gasteiger partial charge in [0, 0.05) is 17.7 Å². The molecule has 1 saturated carbocycles. The van der Waals surface area contributed by atoms with E-state index >= 15 is 0 Å². The van der Waals surface area contributed by atoms with Crippen LogP contribution in [0.1, 0.15) is 41.2 Å². The van der Waals surface area contributed by atoms with Crippen molar-refractivity contribution in [3.05, 3.63) is 86.8 Å². The first-order valence-corrected chi connectivity index (χ1v) is 11.3. The molecule has 1 fully saturated rings. The third-order valence-electron chi connectivity index (χ3n) is 6.32. The Balaban J connectivity index is 1.67. The molecule has 1 aliphatic carbocycles. The number of nitro groups is 1. The largest absolute Gasteiger partial charge is 0.497 e. The van der Waals surface area contributed by atoms with Gasteiger partial charge in [0.15, 0.2) is 12.0 Å². The summed E-state index contributed by atoms with van der Waals surface area (Å²) in [5, 5.41) is 15.1. The highest BCUT2D eigenvalue weighted by atomic mass is 19.4. The molecular formula is C26H20F4N2O5. The van der Waals surface area contributed by atoms with Crippen molar-refractivity contribution >= 4 is 27.8 Å². The molecule has 0 spiro atoms. The zero-order valence-corrected chi connectivity index (χ0v) is 19.4. The Kier molecular flexibility index (Phi) is 6.01. The molecule has 0 saturated heterocycles. The van der Waals surface area contributed by atoms with Gasteiger partial charge in [-0.2, -0.15) is 13.2 Å². The van der Waals surface area contributed by atoms with E-state index in [1.165, 1.54) is 37.4 Å². The van der Waals surface area contributed by atoms with Gasteiger partial charge in [-0.15, -0.1) is 0 Å². The molecule has 1 unspecified atom stereocenters. The molecule has 1 aliphatic heterocycles. The van der Waals surface area contributed by atoms with Gasteiger partial charge >= 0.3 is 6.18 Å². The Morgan fingerprint density at radius 3 is 2.51 bits per heavy atom.